The predicted octanol–water partition coefficient (Wildman–Crippen LogP) is 3.71. The Morgan fingerprint density at radius 2 is 2.06 bits per heavy atom. The highest BCUT2D eigenvalue weighted by Crippen LogP contribution is 2.32. The molecule has 3 aromatic rings. The van der Waals surface area contributed by atoms with Gasteiger partial charge in [0.05, 0.1) is 24.6 Å². The number of benzene rings is 1. The Labute approximate surface area is 188 Å². The molecule has 0 bridgehead atoms. The number of thiazole rings is 1. The Bertz CT molecular complexity index is 1050. The molecule has 1 aliphatic rings. The molecule has 2 aromatic heterocycles. The summed E-state index contributed by atoms with van der Waals surface area (Å²) in [6.07, 6.45) is 0. The summed E-state index contributed by atoms with van der Waals surface area (Å²) in [5.74, 6) is 0.672. The maximum atomic E-state index is 14.3. The smallest absolute Gasteiger partial charge is 0.230 e. The largest absolute Gasteiger partial charge is 0.378 e. The highest BCUT2D eigenvalue weighted by atomic mass is 32.2. The third-order valence-corrected chi connectivity index (χ3v) is 6.67. The molecule has 0 N–H and O–H groups in total. The van der Waals surface area contributed by atoms with E-state index >= 15 is 0 Å². The van der Waals surface area contributed by atoms with E-state index in [2.05, 4.69) is 31.6 Å². The molecule has 0 unspecified atom stereocenters. The number of nitrogens with zero attached hydrogens (tertiary/aromatic N) is 6. The molecule has 31 heavy (non-hydrogen) atoms. The zero-order valence-corrected chi connectivity index (χ0v) is 19.0. The topological polar surface area (TPSA) is 76.4 Å². The van der Waals surface area contributed by atoms with E-state index in [1.54, 1.807) is 30.0 Å². The number of thioether (sulfide) groups is 1. The van der Waals surface area contributed by atoms with Gasteiger partial charge in [0.1, 0.15) is 5.82 Å². The number of carbonyl (C=O) groups is 1. The number of carbonyl (C=O) groups excluding carboxylic acids is 1. The summed E-state index contributed by atoms with van der Waals surface area (Å²) >= 11 is 2.85. The molecule has 0 radical (unpaired) electrons. The minimum absolute atomic E-state index is 0.199. The van der Waals surface area contributed by atoms with E-state index in [1.807, 2.05) is 5.38 Å². The molecule has 1 aliphatic heterocycles. The average Bonchev–Trinajstić information content (AvgIpc) is 3.41. The first-order valence-corrected chi connectivity index (χ1v) is 11.8. The lowest BCUT2D eigenvalue weighted by Gasteiger charge is -2.27. The van der Waals surface area contributed by atoms with Crippen LogP contribution in [0.15, 0.2) is 34.8 Å². The molecule has 8 nitrogen and oxygen atoms in total. The van der Waals surface area contributed by atoms with E-state index in [0.717, 1.165) is 36.4 Å². The van der Waals surface area contributed by atoms with Gasteiger partial charge in [-0.3, -0.25) is 14.3 Å². The van der Waals surface area contributed by atoms with Crippen molar-refractivity contribution in [3.63, 3.8) is 0 Å². The Hall–Kier alpha value is -2.50. The molecule has 1 amide bonds. The van der Waals surface area contributed by atoms with E-state index in [0.29, 0.717) is 24.1 Å². The van der Waals surface area contributed by atoms with E-state index < -0.39 is 5.82 Å². The van der Waals surface area contributed by atoms with Crippen LogP contribution in [-0.2, 0) is 21.8 Å². The lowest BCUT2D eigenvalue weighted by atomic mass is 10.3. The van der Waals surface area contributed by atoms with Gasteiger partial charge in [-0.05, 0) is 19.1 Å². The van der Waals surface area contributed by atoms with E-state index in [-0.39, 0.29) is 11.6 Å². The van der Waals surface area contributed by atoms with Gasteiger partial charge >= 0.3 is 0 Å². The van der Waals surface area contributed by atoms with Crippen LogP contribution >= 0.6 is 23.1 Å². The van der Waals surface area contributed by atoms with Crippen LogP contribution in [0.3, 0.4) is 0 Å². The van der Waals surface area contributed by atoms with Crippen LogP contribution in [0.2, 0.25) is 0 Å². The van der Waals surface area contributed by atoms with Crippen LogP contribution in [-0.4, -0.2) is 52.0 Å². The van der Waals surface area contributed by atoms with Crippen molar-refractivity contribution in [3.8, 4) is 0 Å². The second-order valence-electron chi connectivity index (χ2n) is 6.84. The summed E-state index contributed by atoms with van der Waals surface area (Å²) in [5.41, 5.74) is 0.996. The van der Waals surface area contributed by atoms with Crippen molar-refractivity contribution in [2.24, 2.45) is 0 Å². The number of amides is 1. The van der Waals surface area contributed by atoms with Crippen molar-refractivity contribution in [1.29, 1.82) is 0 Å². The standard InChI is InChI=1S/C20H23FN6O2S2/c1-3-26-18(25-8-10-29-11-9-25)23-24-20(26)31-13-15-12-30-19(22-15)27(14(2)28)17-7-5-4-6-16(17)21/h4-7,12H,3,8-11,13H2,1-2H3. The third kappa shape index (κ3) is 4.73. The molecule has 3 heterocycles. The maximum absolute atomic E-state index is 14.3. The maximum Gasteiger partial charge on any atom is 0.230 e. The molecule has 0 saturated carbocycles. The van der Waals surface area contributed by atoms with Crippen LogP contribution in [0, 0.1) is 5.82 Å². The molecule has 0 aliphatic carbocycles. The zero-order valence-electron chi connectivity index (χ0n) is 17.3. The minimum atomic E-state index is -0.462. The molecule has 11 heteroatoms. The van der Waals surface area contributed by atoms with Crippen molar-refractivity contribution in [2.75, 3.05) is 36.1 Å². The number of aromatic nitrogens is 4. The first-order valence-electron chi connectivity index (χ1n) is 9.96. The van der Waals surface area contributed by atoms with Gasteiger partial charge in [0.25, 0.3) is 0 Å². The summed E-state index contributed by atoms with van der Waals surface area (Å²) < 4.78 is 21.8. The van der Waals surface area contributed by atoms with Gasteiger partial charge in [-0.15, -0.1) is 21.5 Å². The van der Waals surface area contributed by atoms with Crippen LogP contribution < -0.4 is 9.80 Å². The number of halogens is 1. The molecular formula is C20H23FN6O2S2. The predicted molar refractivity (Wildman–Crippen MR) is 120 cm³/mol. The lowest BCUT2D eigenvalue weighted by molar-refractivity contribution is -0.115. The summed E-state index contributed by atoms with van der Waals surface area (Å²) in [5, 5.41) is 11.9. The lowest BCUT2D eigenvalue weighted by Crippen LogP contribution is -2.38. The third-order valence-electron chi connectivity index (χ3n) is 4.80. The van der Waals surface area contributed by atoms with Crippen molar-refractivity contribution in [2.45, 2.75) is 31.3 Å². The Kier molecular flexibility index (Phi) is 6.83. The molecule has 1 aromatic carbocycles. The Morgan fingerprint density at radius 1 is 1.29 bits per heavy atom. The van der Waals surface area contributed by atoms with Gasteiger partial charge < -0.3 is 9.64 Å². The fourth-order valence-electron chi connectivity index (χ4n) is 3.31. The quantitative estimate of drug-likeness (QED) is 0.496. The van der Waals surface area contributed by atoms with Gasteiger partial charge in [0.15, 0.2) is 10.3 Å². The minimum Gasteiger partial charge on any atom is -0.378 e. The summed E-state index contributed by atoms with van der Waals surface area (Å²) in [7, 11) is 0. The summed E-state index contributed by atoms with van der Waals surface area (Å²) in [6.45, 7) is 7.21. The van der Waals surface area contributed by atoms with Gasteiger partial charge in [0, 0.05) is 37.7 Å². The van der Waals surface area contributed by atoms with Crippen molar-refractivity contribution >= 4 is 45.8 Å². The number of hydrogen-bond donors (Lipinski definition) is 0. The Morgan fingerprint density at radius 3 is 2.77 bits per heavy atom. The zero-order chi connectivity index (χ0) is 21.8. The van der Waals surface area contributed by atoms with Crippen LogP contribution in [0.1, 0.15) is 19.5 Å². The summed E-state index contributed by atoms with van der Waals surface area (Å²) in [4.78, 5) is 20.3. The highest BCUT2D eigenvalue weighted by molar-refractivity contribution is 7.98. The number of morpholine rings is 1. The molecule has 4 rings (SSSR count). The fraction of sp³-hybridized carbons (Fsp3) is 0.400. The number of hydrogen-bond acceptors (Lipinski definition) is 8. The van der Waals surface area contributed by atoms with Gasteiger partial charge in [-0.25, -0.2) is 9.37 Å². The normalized spacial score (nSPS) is 14.1. The average molecular weight is 463 g/mol. The molecule has 1 fully saturated rings. The van der Waals surface area contributed by atoms with Crippen molar-refractivity contribution in [1.82, 2.24) is 19.7 Å². The van der Waals surface area contributed by atoms with E-state index in [4.69, 9.17) is 4.74 Å². The van der Waals surface area contributed by atoms with Gasteiger partial charge in [-0.1, -0.05) is 23.9 Å². The number of rotatable bonds is 7. The molecule has 1 saturated heterocycles. The van der Waals surface area contributed by atoms with Crippen LogP contribution in [0.25, 0.3) is 0 Å². The van der Waals surface area contributed by atoms with Crippen molar-refractivity contribution in [3.05, 3.63) is 41.2 Å². The van der Waals surface area contributed by atoms with Crippen LogP contribution in [0.4, 0.5) is 21.2 Å². The van der Waals surface area contributed by atoms with Crippen LogP contribution in [0.5, 0.6) is 0 Å². The number of para-hydroxylation sites is 1. The van der Waals surface area contributed by atoms with Gasteiger partial charge in [0.2, 0.25) is 11.9 Å². The Balaban J connectivity index is 1.49. The first-order chi connectivity index (χ1) is 15.1. The monoisotopic (exact) mass is 462 g/mol. The second-order valence-corrected chi connectivity index (χ2v) is 8.62. The first kappa shape index (κ1) is 21.7. The molecule has 0 spiro atoms. The summed E-state index contributed by atoms with van der Waals surface area (Å²) in [6, 6.07) is 6.20. The SMILES string of the molecule is CCn1c(SCc2csc(N(C(C)=O)c3ccccc3F)n2)nnc1N1CCOCC1. The van der Waals surface area contributed by atoms with E-state index in [1.165, 1.54) is 29.2 Å². The van der Waals surface area contributed by atoms with Crippen molar-refractivity contribution < 1.29 is 13.9 Å². The molecule has 0 atom stereocenters. The van der Waals surface area contributed by atoms with Gasteiger partial charge in [-0.2, -0.15) is 0 Å². The number of ether oxygens (including phenoxy) is 1. The number of anilines is 3. The van der Waals surface area contributed by atoms with E-state index in [9.17, 15) is 9.18 Å². The highest BCUT2D eigenvalue weighted by Gasteiger charge is 2.22. The molecular weight excluding hydrogens is 439 g/mol. The second kappa shape index (κ2) is 9.75. The fourth-order valence-corrected chi connectivity index (χ4v) is 5.18. The molecule has 164 valence electrons.